The van der Waals surface area contributed by atoms with Crippen LogP contribution < -0.4 is 5.32 Å². The molecular formula is C11H10N2O5. The Morgan fingerprint density at radius 1 is 1.44 bits per heavy atom. The third-order valence-corrected chi connectivity index (χ3v) is 2.25. The van der Waals surface area contributed by atoms with Crippen LogP contribution in [0.1, 0.15) is 32.4 Å². The van der Waals surface area contributed by atoms with Gasteiger partial charge in [-0.05, 0) is 19.1 Å². The quantitative estimate of drug-likeness (QED) is 0.844. The van der Waals surface area contributed by atoms with Gasteiger partial charge in [0.2, 0.25) is 11.5 Å². The van der Waals surface area contributed by atoms with Crippen molar-refractivity contribution >= 4 is 11.9 Å². The van der Waals surface area contributed by atoms with Crippen LogP contribution in [0.4, 0.5) is 0 Å². The fraction of sp³-hybridized carbons (Fsp3) is 0.182. The summed E-state index contributed by atoms with van der Waals surface area (Å²) in [5.41, 5.74) is 0.623. The Morgan fingerprint density at radius 2 is 2.22 bits per heavy atom. The van der Waals surface area contributed by atoms with Gasteiger partial charge in [0.25, 0.3) is 5.91 Å². The molecule has 0 atom stereocenters. The normalized spacial score (nSPS) is 10.3. The zero-order valence-corrected chi connectivity index (χ0v) is 9.47. The van der Waals surface area contributed by atoms with E-state index in [1.807, 2.05) is 0 Å². The smallest absolute Gasteiger partial charge is 0.371 e. The van der Waals surface area contributed by atoms with Crippen molar-refractivity contribution in [1.29, 1.82) is 0 Å². The fourth-order valence-electron chi connectivity index (χ4n) is 1.34. The Hall–Kier alpha value is -2.57. The molecule has 0 fully saturated rings. The molecule has 7 heteroatoms. The number of nitrogens with one attached hydrogen (secondary N) is 1. The summed E-state index contributed by atoms with van der Waals surface area (Å²) in [6, 6.07) is 2.81. The second-order valence-corrected chi connectivity index (χ2v) is 3.59. The lowest BCUT2D eigenvalue weighted by molar-refractivity contribution is 0.0660. The number of nitrogens with zero attached hydrogens (tertiary/aromatic N) is 1. The van der Waals surface area contributed by atoms with Crippen molar-refractivity contribution in [1.82, 2.24) is 10.5 Å². The SMILES string of the molecule is Cc1cnoc1C(=O)NCc1ccc(C(=O)O)o1. The van der Waals surface area contributed by atoms with Gasteiger partial charge in [0.05, 0.1) is 12.7 Å². The van der Waals surface area contributed by atoms with E-state index in [0.717, 1.165) is 0 Å². The average Bonchev–Trinajstić information content (AvgIpc) is 2.94. The summed E-state index contributed by atoms with van der Waals surface area (Å²) in [5.74, 6) is -1.29. The first-order valence-corrected chi connectivity index (χ1v) is 5.09. The lowest BCUT2D eigenvalue weighted by Gasteiger charge is -2.00. The molecular weight excluding hydrogens is 240 g/mol. The maximum absolute atomic E-state index is 11.6. The van der Waals surface area contributed by atoms with Gasteiger partial charge in [-0.3, -0.25) is 4.79 Å². The Morgan fingerprint density at radius 3 is 2.78 bits per heavy atom. The third kappa shape index (κ3) is 2.40. The molecule has 2 aromatic heterocycles. The van der Waals surface area contributed by atoms with E-state index in [-0.39, 0.29) is 18.1 Å². The molecule has 0 unspecified atom stereocenters. The Kier molecular flexibility index (Phi) is 3.13. The fourth-order valence-corrected chi connectivity index (χ4v) is 1.34. The van der Waals surface area contributed by atoms with Crippen LogP contribution in [0.25, 0.3) is 0 Å². The molecule has 0 bridgehead atoms. The summed E-state index contributed by atoms with van der Waals surface area (Å²) in [4.78, 5) is 22.2. The number of amides is 1. The van der Waals surface area contributed by atoms with Crippen molar-refractivity contribution in [2.24, 2.45) is 0 Å². The van der Waals surface area contributed by atoms with Gasteiger partial charge >= 0.3 is 5.97 Å². The van der Waals surface area contributed by atoms with E-state index < -0.39 is 11.9 Å². The van der Waals surface area contributed by atoms with Gasteiger partial charge in [0, 0.05) is 5.56 Å². The number of aryl methyl sites for hydroxylation is 1. The van der Waals surface area contributed by atoms with Gasteiger partial charge in [0.1, 0.15) is 5.76 Å². The number of carbonyl (C=O) groups is 2. The molecule has 0 radical (unpaired) electrons. The number of carboxylic acids is 1. The Labute approximate surface area is 101 Å². The minimum Gasteiger partial charge on any atom is -0.475 e. The summed E-state index contributed by atoms with van der Waals surface area (Å²) >= 11 is 0. The van der Waals surface area contributed by atoms with Gasteiger partial charge < -0.3 is 19.4 Å². The van der Waals surface area contributed by atoms with E-state index in [2.05, 4.69) is 10.5 Å². The molecule has 2 rings (SSSR count). The van der Waals surface area contributed by atoms with Crippen LogP contribution >= 0.6 is 0 Å². The van der Waals surface area contributed by atoms with E-state index in [0.29, 0.717) is 11.3 Å². The third-order valence-electron chi connectivity index (χ3n) is 2.25. The summed E-state index contributed by atoms with van der Waals surface area (Å²) in [6.45, 7) is 1.77. The number of hydrogen-bond donors (Lipinski definition) is 2. The van der Waals surface area contributed by atoms with Crippen LogP contribution in [0.5, 0.6) is 0 Å². The molecule has 1 amide bonds. The highest BCUT2D eigenvalue weighted by Crippen LogP contribution is 2.09. The van der Waals surface area contributed by atoms with Gasteiger partial charge in [-0.1, -0.05) is 5.16 Å². The number of carbonyl (C=O) groups excluding carboxylic acids is 1. The molecule has 0 saturated heterocycles. The predicted molar refractivity (Wildman–Crippen MR) is 58.1 cm³/mol. The monoisotopic (exact) mass is 250 g/mol. The molecule has 0 saturated carbocycles. The lowest BCUT2D eigenvalue weighted by atomic mass is 10.3. The topological polar surface area (TPSA) is 106 Å². The molecule has 2 N–H and O–H groups in total. The van der Waals surface area contributed by atoms with Crippen LogP contribution in [-0.2, 0) is 6.54 Å². The van der Waals surface area contributed by atoms with E-state index in [1.165, 1.54) is 18.3 Å². The maximum Gasteiger partial charge on any atom is 0.371 e. The zero-order chi connectivity index (χ0) is 13.1. The van der Waals surface area contributed by atoms with E-state index in [1.54, 1.807) is 6.92 Å². The molecule has 7 nitrogen and oxygen atoms in total. The van der Waals surface area contributed by atoms with Crippen molar-refractivity contribution in [3.63, 3.8) is 0 Å². The van der Waals surface area contributed by atoms with Gasteiger partial charge in [0.15, 0.2) is 0 Å². The minimum atomic E-state index is -1.15. The van der Waals surface area contributed by atoms with Crippen molar-refractivity contribution < 1.29 is 23.6 Å². The average molecular weight is 250 g/mol. The van der Waals surface area contributed by atoms with Gasteiger partial charge in [-0.25, -0.2) is 4.79 Å². The molecule has 2 heterocycles. The van der Waals surface area contributed by atoms with Crippen LogP contribution in [0.15, 0.2) is 27.3 Å². The molecule has 0 spiro atoms. The van der Waals surface area contributed by atoms with E-state index in [4.69, 9.17) is 14.0 Å². The summed E-state index contributed by atoms with van der Waals surface area (Å²) in [6.07, 6.45) is 1.43. The minimum absolute atomic E-state index is 0.0756. The zero-order valence-electron chi connectivity index (χ0n) is 9.47. The van der Waals surface area contributed by atoms with Crippen LogP contribution in [0, 0.1) is 6.92 Å². The number of furan rings is 1. The highest BCUT2D eigenvalue weighted by molar-refractivity contribution is 5.92. The number of aromatic nitrogens is 1. The Balaban J connectivity index is 1.97. The maximum atomic E-state index is 11.6. The second-order valence-electron chi connectivity index (χ2n) is 3.59. The van der Waals surface area contributed by atoms with E-state index in [9.17, 15) is 9.59 Å². The van der Waals surface area contributed by atoms with Crippen LogP contribution in [0.3, 0.4) is 0 Å². The van der Waals surface area contributed by atoms with Crippen molar-refractivity contribution in [3.05, 3.63) is 41.2 Å². The highest BCUT2D eigenvalue weighted by atomic mass is 16.5. The van der Waals surface area contributed by atoms with E-state index >= 15 is 0 Å². The first-order valence-electron chi connectivity index (χ1n) is 5.09. The van der Waals surface area contributed by atoms with Gasteiger partial charge in [-0.15, -0.1) is 0 Å². The molecule has 0 aliphatic heterocycles. The largest absolute Gasteiger partial charge is 0.475 e. The van der Waals surface area contributed by atoms with Crippen molar-refractivity contribution in [2.45, 2.75) is 13.5 Å². The number of aromatic carboxylic acids is 1. The Bertz CT molecular complexity index is 584. The van der Waals surface area contributed by atoms with Crippen molar-refractivity contribution in [2.75, 3.05) is 0 Å². The summed E-state index contributed by atoms with van der Waals surface area (Å²) in [5, 5.41) is 14.7. The first-order chi connectivity index (χ1) is 8.58. The van der Waals surface area contributed by atoms with Crippen LogP contribution in [-0.4, -0.2) is 22.1 Å². The number of rotatable bonds is 4. The summed E-state index contributed by atoms with van der Waals surface area (Å²) in [7, 11) is 0. The molecule has 0 aliphatic carbocycles. The molecule has 94 valence electrons. The number of carboxylic acid groups (broad SMARTS) is 1. The second kappa shape index (κ2) is 4.74. The molecule has 0 aliphatic rings. The van der Waals surface area contributed by atoms with Crippen molar-refractivity contribution in [3.8, 4) is 0 Å². The molecule has 2 aromatic rings. The van der Waals surface area contributed by atoms with Gasteiger partial charge in [-0.2, -0.15) is 0 Å². The molecule has 18 heavy (non-hydrogen) atoms. The highest BCUT2D eigenvalue weighted by Gasteiger charge is 2.15. The standard InChI is InChI=1S/C11H10N2O5/c1-6-4-13-18-9(6)10(14)12-5-7-2-3-8(17-7)11(15)16/h2-4H,5H2,1H3,(H,12,14)(H,15,16). The predicted octanol–water partition coefficient (Wildman–Crippen LogP) is 1.20. The van der Waals surface area contributed by atoms with Crippen LogP contribution in [0.2, 0.25) is 0 Å². The first kappa shape index (κ1) is 11.9. The lowest BCUT2D eigenvalue weighted by Crippen LogP contribution is -2.22. The molecule has 0 aromatic carbocycles. The summed E-state index contributed by atoms with van der Waals surface area (Å²) < 4.78 is 9.75. The number of hydrogen-bond acceptors (Lipinski definition) is 5.